The van der Waals surface area contributed by atoms with Gasteiger partial charge in [-0.2, -0.15) is 0 Å². The van der Waals surface area contributed by atoms with E-state index in [1.807, 2.05) is 6.92 Å². The molecule has 0 heterocycles. The maximum atomic E-state index is 12.5. The van der Waals surface area contributed by atoms with Crippen molar-refractivity contribution in [3.8, 4) is 5.75 Å². The number of carbonyl (C=O) groups is 3. The van der Waals surface area contributed by atoms with Gasteiger partial charge in [-0.25, -0.2) is 4.79 Å². The van der Waals surface area contributed by atoms with Crippen LogP contribution >= 0.6 is 0 Å². The van der Waals surface area contributed by atoms with Gasteiger partial charge in [-0.05, 0) is 37.3 Å². The number of para-hydroxylation sites is 2. The van der Waals surface area contributed by atoms with Gasteiger partial charge in [0.2, 0.25) is 11.8 Å². The number of nitrogens with zero attached hydrogens (tertiary/aromatic N) is 1. The molecule has 2 aromatic carbocycles. The number of amides is 2. The van der Waals surface area contributed by atoms with Crippen molar-refractivity contribution in [1.82, 2.24) is 0 Å². The highest BCUT2D eigenvalue weighted by Crippen LogP contribution is 2.24. The second-order valence-corrected chi connectivity index (χ2v) is 5.62. The molecule has 0 atom stereocenters. The van der Waals surface area contributed by atoms with E-state index in [-0.39, 0.29) is 18.4 Å². The van der Waals surface area contributed by atoms with E-state index in [1.165, 1.54) is 25.0 Å². The zero-order chi connectivity index (χ0) is 19.8. The van der Waals surface area contributed by atoms with Gasteiger partial charge in [0.1, 0.15) is 12.3 Å². The lowest BCUT2D eigenvalue weighted by Gasteiger charge is -2.21. The number of hydrogen-bond acceptors (Lipinski definition) is 5. The molecule has 0 aliphatic rings. The fourth-order valence-electron chi connectivity index (χ4n) is 2.49. The van der Waals surface area contributed by atoms with Crippen LogP contribution in [0.1, 0.15) is 24.2 Å². The molecule has 0 radical (unpaired) electrons. The molecular weight excluding hydrogens is 348 g/mol. The Morgan fingerprint density at radius 2 is 1.81 bits per heavy atom. The quantitative estimate of drug-likeness (QED) is 0.758. The Balaban J connectivity index is 2.18. The second kappa shape index (κ2) is 9.38. The van der Waals surface area contributed by atoms with E-state index in [0.717, 1.165) is 0 Å². The highest BCUT2D eigenvalue weighted by molar-refractivity contribution is 6.03. The number of benzene rings is 2. The molecule has 7 nitrogen and oxygen atoms in total. The number of carbonyl (C=O) groups excluding carboxylic acids is 3. The van der Waals surface area contributed by atoms with Crippen molar-refractivity contribution in [2.45, 2.75) is 13.8 Å². The van der Waals surface area contributed by atoms with Crippen LogP contribution in [0, 0.1) is 0 Å². The van der Waals surface area contributed by atoms with E-state index in [4.69, 9.17) is 9.47 Å². The molecule has 0 unspecified atom stereocenters. The lowest BCUT2D eigenvalue weighted by atomic mass is 10.2. The molecule has 0 saturated heterocycles. The van der Waals surface area contributed by atoms with Gasteiger partial charge in [0.15, 0.2) is 0 Å². The fourth-order valence-corrected chi connectivity index (χ4v) is 2.49. The van der Waals surface area contributed by atoms with Gasteiger partial charge in [-0.1, -0.05) is 18.2 Å². The standard InChI is InChI=1S/C20H22N2O5/c1-4-27-18-11-6-5-10-17(18)21-19(24)13-22(14(2)23)16-9-7-8-15(12-16)20(25)26-3/h5-12H,4,13H2,1-3H3,(H,21,24). The van der Waals surface area contributed by atoms with Crippen LogP contribution in [0.3, 0.4) is 0 Å². The molecule has 2 amide bonds. The van der Waals surface area contributed by atoms with E-state index in [0.29, 0.717) is 29.3 Å². The number of methoxy groups -OCH3 is 1. The summed E-state index contributed by atoms with van der Waals surface area (Å²) in [7, 11) is 1.28. The third-order valence-corrected chi connectivity index (χ3v) is 3.72. The van der Waals surface area contributed by atoms with Gasteiger partial charge in [-0.3, -0.25) is 9.59 Å². The van der Waals surface area contributed by atoms with Crippen LogP contribution in [-0.4, -0.2) is 38.0 Å². The molecule has 0 aliphatic heterocycles. The van der Waals surface area contributed by atoms with Gasteiger partial charge in [0.25, 0.3) is 0 Å². The van der Waals surface area contributed by atoms with Crippen molar-refractivity contribution >= 4 is 29.2 Å². The van der Waals surface area contributed by atoms with E-state index in [1.54, 1.807) is 42.5 Å². The van der Waals surface area contributed by atoms with Gasteiger partial charge in [0.05, 0.1) is 25.0 Å². The minimum Gasteiger partial charge on any atom is -0.492 e. The maximum Gasteiger partial charge on any atom is 0.337 e. The summed E-state index contributed by atoms with van der Waals surface area (Å²) < 4.78 is 10.2. The summed E-state index contributed by atoms with van der Waals surface area (Å²) in [6.07, 6.45) is 0. The van der Waals surface area contributed by atoms with Crippen LogP contribution in [0.25, 0.3) is 0 Å². The summed E-state index contributed by atoms with van der Waals surface area (Å²) in [5, 5.41) is 2.75. The van der Waals surface area contributed by atoms with Crippen LogP contribution in [0.5, 0.6) is 5.75 Å². The summed E-state index contributed by atoms with van der Waals surface area (Å²) in [5.74, 6) is -0.683. The predicted molar refractivity (Wildman–Crippen MR) is 102 cm³/mol. The largest absolute Gasteiger partial charge is 0.492 e. The van der Waals surface area contributed by atoms with Crippen molar-refractivity contribution in [2.75, 3.05) is 30.5 Å². The lowest BCUT2D eigenvalue weighted by molar-refractivity contribution is -0.120. The summed E-state index contributed by atoms with van der Waals surface area (Å²) in [6.45, 7) is 3.46. The molecule has 0 aliphatic carbocycles. The summed E-state index contributed by atoms with van der Waals surface area (Å²) in [6, 6.07) is 13.4. The number of hydrogen-bond donors (Lipinski definition) is 1. The monoisotopic (exact) mass is 370 g/mol. The average molecular weight is 370 g/mol. The number of esters is 1. The first-order valence-corrected chi connectivity index (χ1v) is 8.44. The molecule has 142 valence electrons. The molecule has 0 bridgehead atoms. The Labute approximate surface area is 157 Å². The van der Waals surface area contributed by atoms with Gasteiger partial charge in [-0.15, -0.1) is 0 Å². The van der Waals surface area contributed by atoms with Crippen LogP contribution in [0.2, 0.25) is 0 Å². The molecular formula is C20H22N2O5. The third-order valence-electron chi connectivity index (χ3n) is 3.72. The Hall–Kier alpha value is -3.35. The summed E-state index contributed by atoms with van der Waals surface area (Å²) in [4.78, 5) is 37.5. The number of ether oxygens (including phenoxy) is 2. The van der Waals surface area contributed by atoms with Crippen molar-refractivity contribution < 1.29 is 23.9 Å². The fraction of sp³-hybridized carbons (Fsp3) is 0.250. The van der Waals surface area contributed by atoms with E-state index >= 15 is 0 Å². The zero-order valence-electron chi connectivity index (χ0n) is 15.5. The number of rotatable bonds is 7. The lowest BCUT2D eigenvalue weighted by Crippen LogP contribution is -2.36. The highest BCUT2D eigenvalue weighted by Gasteiger charge is 2.18. The van der Waals surface area contributed by atoms with Crippen molar-refractivity contribution in [2.24, 2.45) is 0 Å². The normalized spacial score (nSPS) is 10.0. The maximum absolute atomic E-state index is 12.5. The SMILES string of the molecule is CCOc1ccccc1NC(=O)CN(C(C)=O)c1cccc(C(=O)OC)c1. The van der Waals surface area contributed by atoms with Crippen LogP contribution in [-0.2, 0) is 14.3 Å². The topological polar surface area (TPSA) is 84.9 Å². The van der Waals surface area contributed by atoms with Crippen molar-refractivity contribution in [1.29, 1.82) is 0 Å². The van der Waals surface area contributed by atoms with Crippen LogP contribution in [0.15, 0.2) is 48.5 Å². The van der Waals surface area contributed by atoms with Crippen molar-refractivity contribution in [3.63, 3.8) is 0 Å². The van der Waals surface area contributed by atoms with E-state index in [9.17, 15) is 14.4 Å². The Morgan fingerprint density at radius 3 is 2.48 bits per heavy atom. The minimum atomic E-state index is -0.518. The zero-order valence-corrected chi connectivity index (χ0v) is 15.5. The first-order chi connectivity index (χ1) is 13.0. The smallest absolute Gasteiger partial charge is 0.337 e. The summed E-state index contributed by atoms with van der Waals surface area (Å²) >= 11 is 0. The van der Waals surface area contributed by atoms with Crippen molar-refractivity contribution in [3.05, 3.63) is 54.1 Å². The Kier molecular flexibility index (Phi) is 6.93. The molecule has 0 spiro atoms. The molecule has 0 fully saturated rings. The Bertz CT molecular complexity index is 835. The van der Waals surface area contributed by atoms with Crippen LogP contribution < -0.4 is 15.0 Å². The molecule has 27 heavy (non-hydrogen) atoms. The minimum absolute atomic E-state index is 0.208. The predicted octanol–water partition coefficient (Wildman–Crippen LogP) is 2.86. The molecule has 2 rings (SSSR count). The first-order valence-electron chi connectivity index (χ1n) is 8.44. The number of anilines is 2. The number of nitrogens with one attached hydrogen (secondary N) is 1. The second-order valence-electron chi connectivity index (χ2n) is 5.62. The first kappa shape index (κ1) is 20.0. The molecule has 1 N–H and O–H groups in total. The van der Waals surface area contributed by atoms with E-state index in [2.05, 4.69) is 5.32 Å². The third kappa shape index (κ3) is 5.31. The Morgan fingerprint density at radius 1 is 1.07 bits per heavy atom. The molecule has 0 saturated carbocycles. The van der Waals surface area contributed by atoms with Gasteiger partial charge >= 0.3 is 5.97 Å². The average Bonchev–Trinajstić information content (AvgIpc) is 2.67. The molecule has 7 heteroatoms. The van der Waals surface area contributed by atoms with Gasteiger partial charge in [0, 0.05) is 12.6 Å². The van der Waals surface area contributed by atoms with Crippen LogP contribution in [0.4, 0.5) is 11.4 Å². The van der Waals surface area contributed by atoms with Gasteiger partial charge < -0.3 is 19.7 Å². The molecule has 2 aromatic rings. The summed E-state index contributed by atoms with van der Waals surface area (Å²) in [5.41, 5.74) is 1.25. The van der Waals surface area contributed by atoms with E-state index < -0.39 is 5.97 Å². The highest BCUT2D eigenvalue weighted by atomic mass is 16.5. The molecule has 0 aromatic heterocycles.